The number of aromatic nitrogens is 1. The highest BCUT2D eigenvalue weighted by Crippen LogP contribution is 2.26. The average Bonchev–Trinajstić information content (AvgIpc) is 3.04. The molecule has 1 aliphatic rings. The first-order chi connectivity index (χ1) is 12.2. The number of piperazine rings is 1. The number of hydrogen-bond acceptors (Lipinski definition) is 4. The van der Waals surface area contributed by atoms with Crippen LogP contribution in [0.15, 0.2) is 34.8 Å². The largest absolute Gasteiger partial charge is 0.367 e. The molecule has 1 aliphatic heterocycles. The first-order valence-electron chi connectivity index (χ1n) is 8.60. The summed E-state index contributed by atoms with van der Waals surface area (Å²) >= 11 is 8.00. The van der Waals surface area contributed by atoms with Crippen LogP contribution in [0, 0.1) is 6.92 Å². The van der Waals surface area contributed by atoms with Crippen LogP contribution in [0.2, 0.25) is 5.02 Å². The lowest BCUT2D eigenvalue weighted by molar-refractivity contribution is 0.372. The monoisotopic (exact) mass is 505 g/mol. The van der Waals surface area contributed by atoms with Gasteiger partial charge in [-0.2, -0.15) is 0 Å². The Hall–Kier alpha value is -1.06. The van der Waals surface area contributed by atoms with Gasteiger partial charge in [0.05, 0.1) is 28.5 Å². The molecule has 8 heteroatoms. The molecule has 1 aromatic heterocycles. The molecule has 3 rings (SSSR count). The number of thiazole rings is 1. The van der Waals surface area contributed by atoms with Crippen molar-refractivity contribution in [1.82, 2.24) is 15.2 Å². The topological polar surface area (TPSA) is 43.8 Å². The average molecular weight is 506 g/mol. The van der Waals surface area contributed by atoms with Gasteiger partial charge in [-0.05, 0) is 26.0 Å². The first kappa shape index (κ1) is 21.2. The molecular weight excluding hydrogens is 481 g/mol. The number of para-hydroxylation sites is 1. The summed E-state index contributed by atoms with van der Waals surface area (Å²) < 4.78 is 0. The summed E-state index contributed by atoms with van der Waals surface area (Å²) in [5.74, 6) is 0.981. The van der Waals surface area contributed by atoms with E-state index in [4.69, 9.17) is 16.6 Å². The highest BCUT2D eigenvalue weighted by molar-refractivity contribution is 14.0. The number of benzene rings is 1. The summed E-state index contributed by atoms with van der Waals surface area (Å²) in [6.07, 6.45) is 0. The van der Waals surface area contributed by atoms with Crippen molar-refractivity contribution in [1.29, 1.82) is 0 Å². The Morgan fingerprint density at radius 2 is 2.00 bits per heavy atom. The third-order valence-electron chi connectivity index (χ3n) is 4.32. The molecule has 1 N–H and O–H groups in total. The minimum atomic E-state index is 0. The van der Waals surface area contributed by atoms with Crippen molar-refractivity contribution in [2.45, 2.75) is 20.4 Å². The van der Waals surface area contributed by atoms with Crippen LogP contribution in [0.25, 0.3) is 0 Å². The van der Waals surface area contributed by atoms with Gasteiger partial charge >= 0.3 is 0 Å². The molecule has 1 saturated heterocycles. The van der Waals surface area contributed by atoms with E-state index in [0.29, 0.717) is 6.54 Å². The van der Waals surface area contributed by atoms with E-state index in [0.717, 1.165) is 55.1 Å². The number of halogens is 2. The van der Waals surface area contributed by atoms with Gasteiger partial charge in [-0.1, -0.05) is 23.7 Å². The Bertz CT molecular complexity index is 728. The predicted molar refractivity (Wildman–Crippen MR) is 122 cm³/mol. The molecule has 0 saturated carbocycles. The lowest BCUT2D eigenvalue weighted by Gasteiger charge is -2.38. The summed E-state index contributed by atoms with van der Waals surface area (Å²) in [5, 5.41) is 4.23. The maximum atomic E-state index is 6.33. The molecular formula is C18H25ClIN5S. The van der Waals surface area contributed by atoms with E-state index in [-0.39, 0.29) is 24.0 Å². The van der Waals surface area contributed by atoms with Crippen LogP contribution >= 0.6 is 46.9 Å². The van der Waals surface area contributed by atoms with Crippen molar-refractivity contribution >= 4 is 58.6 Å². The van der Waals surface area contributed by atoms with E-state index < -0.39 is 0 Å². The maximum Gasteiger partial charge on any atom is 0.194 e. The highest BCUT2D eigenvalue weighted by Gasteiger charge is 2.21. The molecule has 2 heterocycles. The zero-order chi connectivity index (χ0) is 17.6. The number of nitrogens with zero attached hydrogens (tertiary/aromatic N) is 4. The van der Waals surface area contributed by atoms with Crippen molar-refractivity contribution in [3.63, 3.8) is 0 Å². The number of hydrogen-bond donors (Lipinski definition) is 1. The van der Waals surface area contributed by atoms with Crippen molar-refractivity contribution in [3.05, 3.63) is 45.4 Å². The van der Waals surface area contributed by atoms with Crippen molar-refractivity contribution in [3.8, 4) is 0 Å². The van der Waals surface area contributed by atoms with Crippen LogP contribution in [0.4, 0.5) is 5.69 Å². The normalized spacial score (nSPS) is 15.0. The zero-order valence-electron chi connectivity index (χ0n) is 15.1. The minimum Gasteiger partial charge on any atom is -0.367 e. The van der Waals surface area contributed by atoms with Crippen LogP contribution in [0.3, 0.4) is 0 Å². The molecule has 0 atom stereocenters. The lowest BCUT2D eigenvalue weighted by Crippen LogP contribution is -2.52. The quantitative estimate of drug-likeness (QED) is 0.387. The van der Waals surface area contributed by atoms with Crippen LogP contribution < -0.4 is 10.2 Å². The predicted octanol–water partition coefficient (Wildman–Crippen LogP) is 4.01. The van der Waals surface area contributed by atoms with Gasteiger partial charge in [0.2, 0.25) is 0 Å². The van der Waals surface area contributed by atoms with E-state index in [1.54, 1.807) is 11.3 Å². The van der Waals surface area contributed by atoms with Crippen LogP contribution in [-0.2, 0) is 6.54 Å². The van der Waals surface area contributed by atoms with E-state index in [9.17, 15) is 0 Å². The SMILES string of the molecule is CCNC(=NCc1scnc1C)N1CCN(c2ccccc2Cl)CC1.I. The fourth-order valence-electron chi connectivity index (χ4n) is 2.92. The number of anilines is 1. The summed E-state index contributed by atoms with van der Waals surface area (Å²) in [7, 11) is 0. The molecule has 26 heavy (non-hydrogen) atoms. The van der Waals surface area contributed by atoms with Gasteiger partial charge in [0.15, 0.2) is 5.96 Å². The number of aliphatic imine (C=N–C) groups is 1. The van der Waals surface area contributed by atoms with E-state index in [2.05, 4.69) is 33.1 Å². The molecule has 1 aromatic carbocycles. The fourth-order valence-corrected chi connectivity index (χ4v) is 3.87. The Morgan fingerprint density at radius 3 is 2.62 bits per heavy atom. The first-order valence-corrected chi connectivity index (χ1v) is 9.86. The number of rotatable bonds is 4. The van der Waals surface area contributed by atoms with E-state index in [1.165, 1.54) is 4.88 Å². The van der Waals surface area contributed by atoms with Gasteiger partial charge in [0, 0.05) is 37.6 Å². The minimum absolute atomic E-state index is 0. The van der Waals surface area contributed by atoms with Crippen molar-refractivity contribution in [2.24, 2.45) is 4.99 Å². The number of nitrogens with one attached hydrogen (secondary N) is 1. The summed E-state index contributed by atoms with van der Waals surface area (Å²) in [6.45, 7) is 9.43. The molecule has 0 amide bonds. The lowest BCUT2D eigenvalue weighted by atomic mass is 10.2. The molecule has 1 fully saturated rings. The molecule has 142 valence electrons. The van der Waals surface area contributed by atoms with Gasteiger partial charge < -0.3 is 15.1 Å². The van der Waals surface area contributed by atoms with Gasteiger partial charge in [0.1, 0.15) is 0 Å². The maximum absolute atomic E-state index is 6.33. The summed E-state index contributed by atoms with van der Waals surface area (Å²) in [6, 6.07) is 8.05. The third-order valence-corrected chi connectivity index (χ3v) is 5.56. The molecule has 0 bridgehead atoms. The smallest absolute Gasteiger partial charge is 0.194 e. The molecule has 0 spiro atoms. The molecule has 5 nitrogen and oxygen atoms in total. The third kappa shape index (κ3) is 5.23. The van der Waals surface area contributed by atoms with Crippen LogP contribution in [-0.4, -0.2) is 48.6 Å². The Balaban J connectivity index is 0.00000243. The number of aryl methyl sites for hydroxylation is 1. The second kappa shape index (κ2) is 10.3. The number of guanidine groups is 1. The molecule has 2 aromatic rings. The van der Waals surface area contributed by atoms with Crippen molar-refractivity contribution in [2.75, 3.05) is 37.6 Å². The van der Waals surface area contributed by atoms with Crippen LogP contribution in [0.1, 0.15) is 17.5 Å². The summed E-state index contributed by atoms with van der Waals surface area (Å²) in [5.41, 5.74) is 4.08. The van der Waals surface area contributed by atoms with Crippen LogP contribution in [0.5, 0.6) is 0 Å². The van der Waals surface area contributed by atoms with Gasteiger partial charge in [0.25, 0.3) is 0 Å². The zero-order valence-corrected chi connectivity index (χ0v) is 19.0. The second-order valence-corrected chi connectivity index (χ2v) is 7.30. The van der Waals surface area contributed by atoms with Gasteiger partial charge in [-0.3, -0.25) is 0 Å². The highest BCUT2D eigenvalue weighted by atomic mass is 127. The van der Waals surface area contributed by atoms with Gasteiger partial charge in [-0.15, -0.1) is 35.3 Å². The molecule has 0 aliphatic carbocycles. The second-order valence-electron chi connectivity index (χ2n) is 5.96. The van der Waals surface area contributed by atoms with Crippen molar-refractivity contribution < 1.29 is 0 Å². The fraction of sp³-hybridized carbons (Fsp3) is 0.444. The molecule has 0 radical (unpaired) electrons. The Morgan fingerprint density at radius 1 is 1.27 bits per heavy atom. The molecule has 0 unspecified atom stereocenters. The van der Waals surface area contributed by atoms with E-state index in [1.807, 2.05) is 30.6 Å². The Labute approximate surface area is 181 Å². The van der Waals surface area contributed by atoms with Gasteiger partial charge in [-0.25, -0.2) is 9.98 Å². The standard InChI is InChI=1S/C18H24ClN5S.HI/c1-3-20-18(21-12-17-14(2)22-13-25-17)24-10-8-23(9-11-24)16-7-5-4-6-15(16)19;/h4-7,13H,3,8-12H2,1-2H3,(H,20,21);1H. The van der Waals surface area contributed by atoms with E-state index >= 15 is 0 Å². The Kier molecular flexibility index (Phi) is 8.43. The summed E-state index contributed by atoms with van der Waals surface area (Å²) in [4.78, 5) is 15.0.